The van der Waals surface area contributed by atoms with Gasteiger partial charge in [0.1, 0.15) is 0 Å². The summed E-state index contributed by atoms with van der Waals surface area (Å²) in [6.07, 6.45) is 0.207. The number of thiazole rings is 1. The number of aromatic nitrogens is 1. The Morgan fingerprint density at radius 2 is 1.88 bits per heavy atom. The van der Waals surface area contributed by atoms with Gasteiger partial charge in [-0.25, -0.2) is 0 Å². The van der Waals surface area contributed by atoms with E-state index < -0.39 is 0 Å². The molecule has 0 atom stereocenters. The third kappa shape index (κ3) is 5.59. The van der Waals surface area contributed by atoms with Crippen LogP contribution >= 0.6 is 34.5 Å². The van der Waals surface area contributed by atoms with Crippen molar-refractivity contribution < 1.29 is 9.59 Å². The van der Waals surface area contributed by atoms with Crippen LogP contribution in [0.15, 0.2) is 28.4 Å². The second-order valence-electron chi connectivity index (χ2n) is 5.28. The molecule has 2 N–H and O–H groups in total. The molecule has 9 heteroatoms. The molecule has 1 heterocycles. The van der Waals surface area contributed by atoms with E-state index in [1.165, 1.54) is 6.07 Å². The first-order valence-corrected chi connectivity index (χ1v) is 9.17. The van der Waals surface area contributed by atoms with E-state index >= 15 is 0 Å². The highest BCUT2D eigenvalue weighted by Crippen LogP contribution is 2.22. The SMILES string of the molecule is Cc1csc(=O)n1CCC(=O)NCCNC(=O)c1ccc(Cl)c(Cl)c1. The van der Waals surface area contributed by atoms with Gasteiger partial charge in [-0.15, -0.1) is 0 Å². The van der Waals surface area contributed by atoms with Crippen LogP contribution in [0.1, 0.15) is 22.5 Å². The van der Waals surface area contributed by atoms with Gasteiger partial charge in [-0.3, -0.25) is 14.4 Å². The first-order valence-electron chi connectivity index (χ1n) is 7.53. The maximum absolute atomic E-state index is 11.9. The number of hydrogen-bond donors (Lipinski definition) is 2. The molecule has 134 valence electrons. The molecule has 0 aliphatic carbocycles. The molecular weight excluding hydrogens is 385 g/mol. The van der Waals surface area contributed by atoms with Gasteiger partial charge in [0.05, 0.1) is 10.0 Å². The Morgan fingerprint density at radius 3 is 2.52 bits per heavy atom. The number of aryl methyl sites for hydroxylation is 1. The number of hydrogen-bond acceptors (Lipinski definition) is 4. The summed E-state index contributed by atoms with van der Waals surface area (Å²) in [5, 5.41) is 7.83. The second-order valence-corrected chi connectivity index (χ2v) is 6.91. The van der Waals surface area contributed by atoms with Gasteiger partial charge in [-0.2, -0.15) is 0 Å². The number of halogens is 2. The standard InChI is InChI=1S/C16H17Cl2N3O3S/c1-10-9-25-16(24)21(10)7-4-14(22)19-5-6-20-15(23)11-2-3-12(17)13(18)8-11/h2-3,8-9H,4-7H2,1H3,(H,19,22)(H,20,23). The smallest absolute Gasteiger partial charge is 0.307 e. The van der Waals surface area contributed by atoms with E-state index in [4.69, 9.17) is 23.2 Å². The van der Waals surface area contributed by atoms with Crippen LogP contribution in [0.3, 0.4) is 0 Å². The molecule has 2 amide bonds. The van der Waals surface area contributed by atoms with Gasteiger partial charge in [0.15, 0.2) is 0 Å². The number of rotatable bonds is 7. The first kappa shape index (κ1) is 19.5. The van der Waals surface area contributed by atoms with Crippen molar-refractivity contribution in [2.45, 2.75) is 19.9 Å². The molecule has 0 radical (unpaired) electrons. The average Bonchev–Trinajstić information content (AvgIpc) is 2.90. The zero-order chi connectivity index (χ0) is 18.4. The summed E-state index contributed by atoms with van der Waals surface area (Å²) in [6.45, 7) is 2.75. The lowest BCUT2D eigenvalue weighted by atomic mass is 10.2. The predicted molar refractivity (Wildman–Crippen MR) is 99.7 cm³/mol. The van der Waals surface area contributed by atoms with Crippen LogP contribution in [-0.4, -0.2) is 29.5 Å². The van der Waals surface area contributed by atoms with E-state index in [1.807, 2.05) is 6.92 Å². The van der Waals surface area contributed by atoms with Crippen LogP contribution in [0.25, 0.3) is 0 Å². The molecule has 0 bridgehead atoms. The number of benzene rings is 1. The monoisotopic (exact) mass is 401 g/mol. The second kappa shape index (κ2) is 9.03. The highest BCUT2D eigenvalue weighted by Gasteiger charge is 2.09. The highest BCUT2D eigenvalue weighted by molar-refractivity contribution is 7.07. The van der Waals surface area contributed by atoms with Crippen LogP contribution in [0.5, 0.6) is 0 Å². The van der Waals surface area contributed by atoms with Crippen molar-refractivity contribution >= 4 is 46.4 Å². The van der Waals surface area contributed by atoms with Gasteiger partial charge in [-0.05, 0) is 25.1 Å². The van der Waals surface area contributed by atoms with Crippen LogP contribution in [0.4, 0.5) is 0 Å². The van der Waals surface area contributed by atoms with Crippen LogP contribution in [0.2, 0.25) is 10.0 Å². The van der Waals surface area contributed by atoms with Crippen LogP contribution in [-0.2, 0) is 11.3 Å². The molecule has 25 heavy (non-hydrogen) atoms. The molecule has 0 saturated carbocycles. The summed E-state index contributed by atoms with van der Waals surface area (Å²) >= 11 is 12.8. The van der Waals surface area contributed by atoms with Gasteiger partial charge >= 0.3 is 4.87 Å². The summed E-state index contributed by atoms with van der Waals surface area (Å²) in [6, 6.07) is 4.61. The van der Waals surface area contributed by atoms with Crippen molar-refractivity contribution in [3.05, 3.63) is 54.5 Å². The van der Waals surface area contributed by atoms with Crippen molar-refractivity contribution in [1.29, 1.82) is 0 Å². The zero-order valence-electron chi connectivity index (χ0n) is 13.5. The number of amides is 2. The zero-order valence-corrected chi connectivity index (χ0v) is 15.8. The Labute approximate surface area is 158 Å². The van der Waals surface area contributed by atoms with Gasteiger partial charge in [0.25, 0.3) is 5.91 Å². The van der Waals surface area contributed by atoms with Crippen LogP contribution in [0, 0.1) is 6.92 Å². The molecule has 0 spiro atoms. The molecule has 0 aliphatic heterocycles. The minimum Gasteiger partial charge on any atom is -0.354 e. The third-order valence-corrected chi connectivity index (χ3v) is 5.07. The Hall–Kier alpha value is -1.83. The lowest BCUT2D eigenvalue weighted by Crippen LogP contribution is -2.35. The minimum absolute atomic E-state index is 0.0702. The first-order chi connectivity index (χ1) is 11.9. The van der Waals surface area contributed by atoms with Crippen molar-refractivity contribution in [3.8, 4) is 0 Å². The molecule has 6 nitrogen and oxygen atoms in total. The third-order valence-electron chi connectivity index (χ3n) is 3.45. The van der Waals surface area contributed by atoms with E-state index in [0.717, 1.165) is 17.0 Å². The van der Waals surface area contributed by atoms with Gasteiger partial charge in [0, 0.05) is 42.7 Å². The highest BCUT2D eigenvalue weighted by atomic mass is 35.5. The Balaban J connectivity index is 1.70. The minimum atomic E-state index is -0.298. The molecule has 0 aliphatic rings. The normalized spacial score (nSPS) is 10.5. The molecule has 0 fully saturated rings. The van der Waals surface area contributed by atoms with Gasteiger partial charge in [0.2, 0.25) is 5.91 Å². The summed E-state index contributed by atoms with van der Waals surface area (Å²) in [4.78, 5) is 35.2. The topological polar surface area (TPSA) is 80.2 Å². The Bertz CT molecular complexity index is 832. The maximum Gasteiger partial charge on any atom is 0.307 e. The van der Waals surface area contributed by atoms with Gasteiger partial charge in [-0.1, -0.05) is 34.5 Å². The lowest BCUT2D eigenvalue weighted by molar-refractivity contribution is -0.121. The van der Waals surface area contributed by atoms with Crippen molar-refractivity contribution in [3.63, 3.8) is 0 Å². The lowest BCUT2D eigenvalue weighted by Gasteiger charge is -2.08. The van der Waals surface area contributed by atoms with Crippen molar-refractivity contribution in [2.24, 2.45) is 0 Å². The fourth-order valence-corrected chi connectivity index (χ4v) is 3.15. The number of carbonyl (C=O) groups is 2. The molecule has 0 saturated heterocycles. The number of carbonyl (C=O) groups excluding carboxylic acids is 2. The maximum atomic E-state index is 11.9. The molecule has 1 aromatic heterocycles. The van der Waals surface area contributed by atoms with Crippen molar-refractivity contribution in [2.75, 3.05) is 13.1 Å². The molecule has 2 aromatic rings. The molecule has 2 rings (SSSR count). The Kier molecular flexibility index (Phi) is 7.04. The van der Waals surface area contributed by atoms with Crippen molar-refractivity contribution in [1.82, 2.24) is 15.2 Å². The number of nitrogens with zero attached hydrogens (tertiary/aromatic N) is 1. The quantitative estimate of drug-likeness (QED) is 0.699. The Morgan fingerprint density at radius 1 is 1.16 bits per heavy atom. The average molecular weight is 402 g/mol. The fraction of sp³-hybridized carbons (Fsp3) is 0.312. The van der Waals surface area contributed by atoms with E-state index in [0.29, 0.717) is 28.7 Å². The molecule has 1 aromatic carbocycles. The van der Waals surface area contributed by atoms with E-state index in [9.17, 15) is 14.4 Å². The largest absolute Gasteiger partial charge is 0.354 e. The van der Waals surface area contributed by atoms with Gasteiger partial charge < -0.3 is 15.2 Å². The summed E-state index contributed by atoms with van der Waals surface area (Å²) in [5.74, 6) is -0.477. The van der Waals surface area contributed by atoms with E-state index in [-0.39, 0.29) is 29.7 Å². The van der Waals surface area contributed by atoms with E-state index in [2.05, 4.69) is 10.6 Å². The fourth-order valence-electron chi connectivity index (χ4n) is 2.09. The van der Waals surface area contributed by atoms with Crippen LogP contribution < -0.4 is 15.5 Å². The van der Waals surface area contributed by atoms with E-state index in [1.54, 1.807) is 22.1 Å². The number of nitrogens with one attached hydrogen (secondary N) is 2. The molecule has 0 unspecified atom stereocenters. The molecular formula is C16H17Cl2N3O3S. The summed E-state index contributed by atoms with van der Waals surface area (Å²) < 4.78 is 1.57. The summed E-state index contributed by atoms with van der Waals surface area (Å²) in [7, 11) is 0. The predicted octanol–water partition coefficient (Wildman–Crippen LogP) is 2.46. The summed E-state index contributed by atoms with van der Waals surface area (Å²) in [5.41, 5.74) is 1.24.